The lowest BCUT2D eigenvalue weighted by atomic mass is 10.2. The fourth-order valence-corrected chi connectivity index (χ4v) is 3.70. The zero-order chi connectivity index (χ0) is 19.5. The molecule has 0 saturated carbocycles. The Hall–Kier alpha value is -3.20. The molecule has 2 heterocycles. The first kappa shape index (κ1) is 18.2. The first-order chi connectivity index (χ1) is 13.7. The number of carbonyl (C=O) groups excluding carboxylic acids is 1. The van der Waals surface area contributed by atoms with E-state index in [0.29, 0.717) is 29.0 Å². The quantitative estimate of drug-likeness (QED) is 0.466. The van der Waals surface area contributed by atoms with Crippen LogP contribution in [0.2, 0.25) is 0 Å². The second kappa shape index (κ2) is 7.81. The molecule has 28 heavy (non-hydrogen) atoms. The lowest BCUT2D eigenvalue weighted by Gasteiger charge is -2.10. The smallest absolute Gasteiger partial charge is 0.231 e. The lowest BCUT2D eigenvalue weighted by Crippen LogP contribution is -2.24. The van der Waals surface area contributed by atoms with Gasteiger partial charge in [-0.2, -0.15) is 0 Å². The fourth-order valence-electron chi connectivity index (χ4n) is 2.91. The van der Waals surface area contributed by atoms with Gasteiger partial charge in [0.2, 0.25) is 11.7 Å². The average Bonchev–Trinajstić information content (AvgIpc) is 3.29. The van der Waals surface area contributed by atoms with Crippen molar-refractivity contribution in [2.45, 2.75) is 11.7 Å². The highest BCUT2D eigenvalue weighted by Crippen LogP contribution is 2.27. The van der Waals surface area contributed by atoms with E-state index < -0.39 is 0 Å². The summed E-state index contributed by atoms with van der Waals surface area (Å²) in [5.74, 6) is 2.12. The van der Waals surface area contributed by atoms with E-state index in [1.165, 1.54) is 11.8 Å². The Morgan fingerprint density at radius 1 is 1.18 bits per heavy atom. The Morgan fingerprint density at radius 2 is 2.00 bits per heavy atom. The molecule has 0 aliphatic heterocycles. The van der Waals surface area contributed by atoms with Gasteiger partial charge in [-0.3, -0.25) is 9.20 Å². The molecule has 0 saturated heterocycles. The van der Waals surface area contributed by atoms with E-state index in [1.807, 2.05) is 46.9 Å². The molecule has 4 rings (SSSR count). The van der Waals surface area contributed by atoms with Crippen LogP contribution in [0, 0.1) is 0 Å². The van der Waals surface area contributed by atoms with Crippen molar-refractivity contribution in [3.05, 3.63) is 48.0 Å². The summed E-state index contributed by atoms with van der Waals surface area (Å²) in [4.78, 5) is 16.8. The number of hydrogen-bond donors (Lipinski definition) is 2. The molecule has 2 N–H and O–H groups in total. The van der Waals surface area contributed by atoms with Crippen LogP contribution in [0.5, 0.6) is 11.5 Å². The number of thioether (sulfide) groups is 1. The monoisotopic (exact) mass is 397 g/mol. The zero-order valence-electron chi connectivity index (χ0n) is 15.4. The summed E-state index contributed by atoms with van der Waals surface area (Å²) in [5, 5.41) is 10.8. The Labute approximate surface area is 165 Å². The molecule has 0 spiro atoms. The van der Waals surface area contributed by atoms with E-state index in [4.69, 9.17) is 9.47 Å². The number of hydrogen-bond acceptors (Lipinski definition) is 6. The number of aromatic amines is 1. The minimum atomic E-state index is -0.0830. The number of H-pyrrole nitrogens is 1. The average molecular weight is 397 g/mol. The molecule has 144 valence electrons. The number of rotatable bonds is 7. The van der Waals surface area contributed by atoms with Gasteiger partial charge in [-0.25, -0.2) is 10.1 Å². The number of ether oxygens (including phenoxy) is 2. The third-order valence-corrected chi connectivity index (χ3v) is 5.21. The van der Waals surface area contributed by atoms with Gasteiger partial charge in [0, 0.05) is 6.54 Å². The van der Waals surface area contributed by atoms with Gasteiger partial charge in [0.25, 0.3) is 0 Å². The first-order valence-electron chi connectivity index (χ1n) is 8.61. The van der Waals surface area contributed by atoms with Crippen LogP contribution >= 0.6 is 11.8 Å². The second-order valence-electron chi connectivity index (χ2n) is 6.02. The standard InChI is InChI=1S/C19H19N5O3S/c1-26-15-8-7-12(9-16(15)27-2)10-20-17(25)11-28-19-23-22-18-21-13-5-3-4-6-14(13)24(18)19/h3-9H,10-11H2,1-2H3,(H,20,25)(H,21,22). The van der Waals surface area contributed by atoms with Gasteiger partial charge < -0.3 is 14.8 Å². The van der Waals surface area contributed by atoms with Crippen molar-refractivity contribution in [1.82, 2.24) is 24.9 Å². The number of nitrogens with zero attached hydrogens (tertiary/aromatic N) is 3. The molecule has 0 radical (unpaired) electrons. The first-order valence-corrected chi connectivity index (χ1v) is 9.60. The predicted molar refractivity (Wildman–Crippen MR) is 107 cm³/mol. The maximum absolute atomic E-state index is 12.3. The molecule has 2 aromatic heterocycles. The number of fused-ring (bicyclic) bond motifs is 3. The second-order valence-corrected chi connectivity index (χ2v) is 6.96. The molecule has 8 nitrogen and oxygen atoms in total. The van der Waals surface area contributed by atoms with Crippen molar-refractivity contribution in [2.75, 3.05) is 20.0 Å². The third-order valence-electron chi connectivity index (χ3n) is 4.27. The largest absolute Gasteiger partial charge is 0.493 e. The van der Waals surface area contributed by atoms with Gasteiger partial charge in [-0.05, 0) is 29.8 Å². The number of imidazole rings is 1. The van der Waals surface area contributed by atoms with Gasteiger partial charge in [-0.1, -0.05) is 30.0 Å². The van der Waals surface area contributed by atoms with Gasteiger partial charge >= 0.3 is 0 Å². The predicted octanol–water partition coefficient (Wildman–Crippen LogP) is 2.64. The molecule has 9 heteroatoms. The van der Waals surface area contributed by atoms with Crippen LogP contribution in [0.3, 0.4) is 0 Å². The van der Waals surface area contributed by atoms with Crippen molar-refractivity contribution >= 4 is 34.5 Å². The highest BCUT2D eigenvalue weighted by atomic mass is 32.2. The van der Waals surface area contributed by atoms with E-state index in [-0.39, 0.29) is 11.7 Å². The lowest BCUT2D eigenvalue weighted by molar-refractivity contribution is -0.118. The SMILES string of the molecule is COc1ccc(CNC(=O)CSc2n[nH]c3nc4ccccc4n23)cc1OC. The Balaban J connectivity index is 1.39. The Kier molecular flexibility index (Phi) is 5.07. The molecule has 0 unspecified atom stereocenters. The van der Waals surface area contributed by atoms with E-state index in [1.54, 1.807) is 14.2 Å². The van der Waals surface area contributed by atoms with E-state index in [0.717, 1.165) is 16.6 Å². The van der Waals surface area contributed by atoms with Gasteiger partial charge in [0.15, 0.2) is 16.7 Å². The summed E-state index contributed by atoms with van der Waals surface area (Å²) in [6.45, 7) is 0.406. The third kappa shape index (κ3) is 3.48. The van der Waals surface area contributed by atoms with Crippen LogP contribution in [0.4, 0.5) is 0 Å². The molecule has 0 atom stereocenters. The van der Waals surface area contributed by atoms with Crippen molar-refractivity contribution in [1.29, 1.82) is 0 Å². The van der Waals surface area contributed by atoms with Gasteiger partial charge in [0.05, 0.1) is 31.0 Å². The summed E-state index contributed by atoms with van der Waals surface area (Å²) in [6.07, 6.45) is 0. The molecule has 0 fully saturated rings. The summed E-state index contributed by atoms with van der Waals surface area (Å²) in [7, 11) is 3.17. The molecule has 0 aliphatic rings. The number of para-hydroxylation sites is 2. The van der Waals surface area contributed by atoms with Crippen LogP contribution in [-0.4, -0.2) is 45.5 Å². The molecule has 4 aromatic rings. The molecule has 2 aromatic carbocycles. The Bertz CT molecular complexity index is 1140. The van der Waals surface area contributed by atoms with Gasteiger partial charge in [0.1, 0.15) is 0 Å². The zero-order valence-corrected chi connectivity index (χ0v) is 16.2. The highest BCUT2D eigenvalue weighted by molar-refractivity contribution is 7.99. The summed E-state index contributed by atoms with van der Waals surface area (Å²) in [5.41, 5.74) is 2.77. The van der Waals surface area contributed by atoms with Crippen molar-refractivity contribution < 1.29 is 14.3 Å². The molecular formula is C19H19N5O3S. The minimum absolute atomic E-state index is 0.0830. The highest BCUT2D eigenvalue weighted by Gasteiger charge is 2.13. The Morgan fingerprint density at radius 3 is 2.82 bits per heavy atom. The molecule has 1 amide bonds. The number of aromatic nitrogens is 4. The van der Waals surface area contributed by atoms with Crippen LogP contribution < -0.4 is 14.8 Å². The van der Waals surface area contributed by atoms with Crippen LogP contribution in [0.15, 0.2) is 47.6 Å². The van der Waals surface area contributed by atoms with E-state index >= 15 is 0 Å². The summed E-state index contributed by atoms with van der Waals surface area (Å²) < 4.78 is 12.4. The van der Waals surface area contributed by atoms with E-state index in [9.17, 15) is 4.79 Å². The molecule has 0 bridgehead atoms. The molecule has 0 aliphatic carbocycles. The summed E-state index contributed by atoms with van der Waals surface area (Å²) >= 11 is 1.36. The van der Waals surface area contributed by atoms with Crippen LogP contribution in [-0.2, 0) is 11.3 Å². The normalized spacial score (nSPS) is 11.1. The van der Waals surface area contributed by atoms with Crippen molar-refractivity contribution in [2.24, 2.45) is 0 Å². The maximum Gasteiger partial charge on any atom is 0.231 e. The van der Waals surface area contributed by atoms with Gasteiger partial charge in [-0.15, -0.1) is 5.10 Å². The van der Waals surface area contributed by atoms with E-state index in [2.05, 4.69) is 20.5 Å². The number of nitrogens with one attached hydrogen (secondary N) is 2. The topological polar surface area (TPSA) is 93.5 Å². The number of amides is 1. The maximum atomic E-state index is 12.3. The number of carbonyl (C=O) groups is 1. The fraction of sp³-hybridized carbons (Fsp3) is 0.211. The summed E-state index contributed by atoms with van der Waals surface area (Å²) in [6, 6.07) is 13.4. The number of benzene rings is 2. The minimum Gasteiger partial charge on any atom is -0.493 e. The van der Waals surface area contributed by atoms with Crippen molar-refractivity contribution in [3.63, 3.8) is 0 Å². The van der Waals surface area contributed by atoms with Crippen LogP contribution in [0.1, 0.15) is 5.56 Å². The van der Waals surface area contributed by atoms with Crippen LogP contribution in [0.25, 0.3) is 16.8 Å². The molecular weight excluding hydrogens is 378 g/mol. The van der Waals surface area contributed by atoms with Crippen molar-refractivity contribution in [3.8, 4) is 11.5 Å². The number of methoxy groups -OCH3 is 2.